The highest BCUT2D eigenvalue weighted by molar-refractivity contribution is 5.77. The summed E-state index contributed by atoms with van der Waals surface area (Å²) in [6.07, 6.45) is 0.876. The van der Waals surface area contributed by atoms with Crippen LogP contribution in [-0.4, -0.2) is 46.4 Å². The number of benzene rings is 2. The Bertz CT molecular complexity index is 872. The Morgan fingerprint density at radius 1 is 1.17 bits per heavy atom. The number of fused-ring (bicyclic) bond motifs is 1. The van der Waals surface area contributed by atoms with Crippen LogP contribution in [0.2, 0.25) is 0 Å². The van der Waals surface area contributed by atoms with Crippen molar-refractivity contribution in [3.63, 3.8) is 0 Å². The average molecular weight is 418 g/mol. The third-order valence-corrected chi connectivity index (χ3v) is 5.64. The highest BCUT2D eigenvalue weighted by Crippen LogP contribution is 2.35. The summed E-state index contributed by atoms with van der Waals surface area (Å²) in [7, 11) is 4.75. The van der Waals surface area contributed by atoms with E-state index in [1.807, 2.05) is 31.2 Å². The van der Waals surface area contributed by atoms with Crippen molar-refractivity contribution in [1.82, 2.24) is 5.32 Å². The van der Waals surface area contributed by atoms with Crippen LogP contribution in [0.4, 0.5) is 4.39 Å². The van der Waals surface area contributed by atoms with Gasteiger partial charge in [0.25, 0.3) is 0 Å². The maximum Gasteiger partial charge on any atom is 0.246 e. The molecule has 1 amide bonds. The average Bonchev–Trinajstić information content (AvgIpc) is 2.74. The smallest absolute Gasteiger partial charge is 0.246 e. The lowest BCUT2D eigenvalue weighted by molar-refractivity contribution is -0.948. The van der Waals surface area contributed by atoms with Gasteiger partial charge in [0.1, 0.15) is 25.0 Å². The molecule has 3 atom stereocenters. The molecule has 2 N–H and O–H groups in total. The van der Waals surface area contributed by atoms with Crippen molar-refractivity contribution in [3.8, 4) is 11.5 Å². The van der Waals surface area contributed by atoms with Crippen molar-refractivity contribution in [1.29, 1.82) is 0 Å². The molecular weight excluding hydrogens is 387 g/mol. The Balaban J connectivity index is 1.96. The van der Waals surface area contributed by atoms with Gasteiger partial charge in [-0.15, -0.1) is 0 Å². The quantitative estimate of drug-likeness (QED) is 0.686. The topological polar surface area (TPSA) is 61.2 Å². The van der Waals surface area contributed by atoms with Crippen LogP contribution in [-0.2, 0) is 22.5 Å². The Hall–Kier alpha value is -2.64. The number of rotatable bonds is 8. The van der Waals surface area contributed by atoms with Gasteiger partial charge in [0.2, 0.25) is 5.91 Å². The lowest BCUT2D eigenvalue weighted by Crippen LogP contribution is -3.13. The largest absolute Gasteiger partial charge is 0.493 e. The number of ether oxygens (including phenoxy) is 3. The Morgan fingerprint density at radius 2 is 1.83 bits per heavy atom. The molecule has 0 aromatic heterocycles. The first-order valence-electron chi connectivity index (χ1n) is 10.1. The van der Waals surface area contributed by atoms with E-state index in [9.17, 15) is 9.18 Å². The first kappa shape index (κ1) is 22.1. The zero-order valence-electron chi connectivity index (χ0n) is 18.0. The Labute approximate surface area is 176 Å². The third kappa shape index (κ3) is 4.91. The highest BCUT2D eigenvalue weighted by Gasteiger charge is 2.37. The fourth-order valence-corrected chi connectivity index (χ4v) is 4.31. The molecular formula is C23H30FN2O4+. The van der Waals surface area contributed by atoms with Crippen LogP contribution in [0, 0.1) is 5.82 Å². The van der Waals surface area contributed by atoms with Gasteiger partial charge in [-0.05, 0) is 36.8 Å². The van der Waals surface area contributed by atoms with Crippen molar-refractivity contribution < 1.29 is 28.3 Å². The Morgan fingerprint density at radius 3 is 2.47 bits per heavy atom. The van der Waals surface area contributed by atoms with E-state index in [1.165, 1.54) is 29.7 Å². The van der Waals surface area contributed by atoms with E-state index in [2.05, 4.69) is 5.32 Å². The SMILES string of the molecule is COCC(=O)N[C@H](C)[C@H]1c2cc(OC)c(OC)cc2CC[NH+]1Cc1ccc(F)cc1. The molecule has 0 spiro atoms. The molecule has 7 heteroatoms. The van der Waals surface area contributed by atoms with E-state index >= 15 is 0 Å². The van der Waals surface area contributed by atoms with Gasteiger partial charge in [-0.2, -0.15) is 0 Å². The number of nitrogens with one attached hydrogen (secondary N) is 2. The van der Waals surface area contributed by atoms with E-state index in [4.69, 9.17) is 14.2 Å². The van der Waals surface area contributed by atoms with E-state index < -0.39 is 0 Å². The normalized spacial score (nSPS) is 19.0. The molecule has 1 unspecified atom stereocenters. The molecule has 0 saturated carbocycles. The van der Waals surface area contributed by atoms with Crippen molar-refractivity contribution in [2.75, 3.05) is 34.5 Å². The standard InChI is InChI=1S/C23H29FN2O4/c1-15(25-22(27)14-28-2)23-19-12-21(30-4)20(29-3)11-17(19)9-10-26(23)13-16-5-7-18(24)8-6-16/h5-8,11-12,15,23H,9-10,13-14H2,1-4H3,(H,25,27)/p+1/t15-,23+/m1/s1. The van der Waals surface area contributed by atoms with Crippen molar-refractivity contribution in [2.24, 2.45) is 0 Å². The van der Waals surface area contributed by atoms with E-state index in [0.717, 1.165) is 30.6 Å². The fraction of sp³-hybridized carbons (Fsp3) is 0.435. The summed E-state index contributed by atoms with van der Waals surface area (Å²) >= 11 is 0. The predicted octanol–water partition coefficient (Wildman–Crippen LogP) is 1.68. The molecule has 2 aromatic rings. The molecule has 0 radical (unpaired) electrons. The molecule has 3 rings (SSSR count). The molecule has 0 fully saturated rings. The minimum atomic E-state index is -0.244. The second kappa shape index (κ2) is 9.91. The molecule has 30 heavy (non-hydrogen) atoms. The number of carbonyl (C=O) groups excluding carboxylic acids is 1. The van der Waals surface area contributed by atoms with Gasteiger partial charge < -0.3 is 24.4 Å². The molecule has 0 bridgehead atoms. The minimum absolute atomic E-state index is 0.000541. The van der Waals surface area contributed by atoms with Gasteiger partial charge in [-0.3, -0.25) is 4.79 Å². The molecule has 1 aliphatic rings. The van der Waals surface area contributed by atoms with Gasteiger partial charge in [-0.1, -0.05) is 12.1 Å². The molecule has 0 saturated heterocycles. The number of amides is 1. The van der Waals surface area contributed by atoms with Crippen LogP contribution in [0.3, 0.4) is 0 Å². The molecule has 1 heterocycles. The molecule has 162 valence electrons. The lowest BCUT2D eigenvalue weighted by Gasteiger charge is -2.38. The van der Waals surface area contributed by atoms with Gasteiger partial charge in [0.15, 0.2) is 11.5 Å². The summed E-state index contributed by atoms with van der Waals surface area (Å²) in [5.41, 5.74) is 3.37. The van der Waals surface area contributed by atoms with Crippen LogP contribution >= 0.6 is 0 Å². The fourth-order valence-electron chi connectivity index (χ4n) is 4.31. The van der Waals surface area contributed by atoms with Gasteiger partial charge in [0, 0.05) is 24.7 Å². The number of carbonyl (C=O) groups is 1. The molecule has 1 aliphatic heterocycles. The summed E-state index contributed by atoms with van der Waals surface area (Å²) in [5.74, 6) is 0.970. The van der Waals surface area contributed by atoms with Gasteiger partial charge in [-0.25, -0.2) is 4.39 Å². The molecule has 0 aliphatic carbocycles. The number of halogens is 1. The van der Waals surface area contributed by atoms with Crippen molar-refractivity contribution in [2.45, 2.75) is 32.0 Å². The maximum atomic E-state index is 13.3. The first-order valence-corrected chi connectivity index (χ1v) is 10.1. The predicted molar refractivity (Wildman–Crippen MR) is 111 cm³/mol. The monoisotopic (exact) mass is 417 g/mol. The molecule has 6 nitrogen and oxygen atoms in total. The third-order valence-electron chi connectivity index (χ3n) is 5.64. The van der Waals surface area contributed by atoms with Crippen LogP contribution in [0.1, 0.15) is 29.7 Å². The maximum absolute atomic E-state index is 13.3. The van der Waals surface area contributed by atoms with Crippen LogP contribution in [0.5, 0.6) is 11.5 Å². The van der Waals surface area contributed by atoms with Gasteiger partial charge in [0.05, 0.1) is 26.8 Å². The Kier molecular flexibility index (Phi) is 7.29. The summed E-state index contributed by atoms with van der Waals surface area (Å²) < 4.78 is 29.3. The number of methoxy groups -OCH3 is 3. The number of quaternary nitrogens is 1. The van der Waals surface area contributed by atoms with E-state index in [-0.39, 0.29) is 30.4 Å². The summed E-state index contributed by atoms with van der Waals surface area (Å²) in [4.78, 5) is 13.5. The van der Waals surface area contributed by atoms with Crippen molar-refractivity contribution >= 4 is 5.91 Å². The van der Waals surface area contributed by atoms with E-state index in [0.29, 0.717) is 11.5 Å². The van der Waals surface area contributed by atoms with E-state index in [1.54, 1.807) is 14.2 Å². The minimum Gasteiger partial charge on any atom is -0.493 e. The number of hydrogen-bond acceptors (Lipinski definition) is 4. The van der Waals surface area contributed by atoms with Crippen LogP contribution < -0.4 is 19.7 Å². The summed E-state index contributed by atoms with van der Waals surface area (Å²) in [6, 6.07) is 10.5. The summed E-state index contributed by atoms with van der Waals surface area (Å²) in [6.45, 7) is 3.63. The zero-order chi connectivity index (χ0) is 21.7. The highest BCUT2D eigenvalue weighted by atomic mass is 19.1. The van der Waals surface area contributed by atoms with Crippen molar-refractivity contribution in [3.05, 3.63) is 58.9 Å². The molecule has 2 aromatic carbocycles. The van der Waals surface area contributed by atoms with Crippen LogP contribution in [0.25, 0.3) is 0 Å². The second-order valence-electron chi connectivity index (χ2n) is 7.63. The van der Waals surface area contributed by atoms with Crippen LogP contribution in [0.15, 0.2) is 36.4 Å². The summed E-state index contributed by atoms with van der Waals surface area (Å²) in [5, 5.41) is 3.07. The first-order chi connectivity index (χ1) is 14.5. The lowest BCUT2D eigenvalue weighted by atomic mass is 9.87. The van der Waals surface area contributed by atoms with Gasteiger partial charge >= 0.3 is 0 Å². The zero-order valence-corrected chi connectivity index (χ0v) is 18.0. The second-order valence-corrected chi connectivity index (χ2v) is 7.63. The number of hydrogen-bond donors (Lipinski definition) is 2.